The van der Waals surface area contributed by atoms with Gasteiger partial charge < -0.3 is 19.5 Å². The number of nitrogens with zero attached hydrogens (tertiary/aromatic N) is 6. The van der Waals surface area contributed by atoms with Crippen LogP contribution in [0.3, 0.4) is 0 Å². The van der Waals surface area contributed by atoms with Crippen molar-refractivity contribution in [3.05, 3.63) is 36.5 Å². The van der Waals surface area contributed by atoms with Crippen LogP contribution in [0.25, 0.3) is 0 Å². The van der Waals surface area contributed by atoms with Gasteiger partial charge in [-0.15, -0.1) is 0 Å². The predicted octanol–water partition coefficient (Wildman–Crippen LogP) is 1.32. The van der Waals surface area contributed by atoms with Gasteiger partial charge in [0.25, 0.3) is 0 Å². The fourth-order valence-electron chi connectivity index (χ4n) is 3.75. The first-order chi connectivity index (χ1) is 14.1. The minimum absolute atomic E-state index is 0.0403. The summed E-state index contributed by atoms with van der Waals surface area (Å²) in [5.74, 6) is 1.69. The third-order valence-electron chi connectivity index (χ3n) is 5.31. The summed E-state index contributed by atoms with van der Waals surface area (Å²) in [4.78, 5) is 23.2. The zero-order chi connectivity index (χ0) is 20.8. The highest BCUT2D eigenvalue weighted by molar-refractivity contribution is 5.98. The monoisotopic (exact) mass is 401 g/mol. The molecule has 1 aliphatic rings. The highest BCUT2D eigenvalue weighted by Gasteiger charge is 2.28. The van der Waals surface area contributed by atoms with E-state index in [1.807, 2.05) is 30.3 Å². The molecule has 0 radical (unpaired) electrons. The largest absolute Gasteiger partial charge is 0.468 e. The number of aromatic nitrogens is 2. The van der Waals surface area contributed by atoms with Crippen LogP contribution in [0, 0.1) is 0 Å². The summed E-state index contributed by atoms with van der Waals surface area (Å²) < 4.78 is 7.38. The van der Waals surface area contributed by atoms with Crippen LogP contribution in [-0.2, 0) is 11.8 Å². The number of aryl methyl sites for hydroxylation is 1. The minimum Gasteiger partial charge on any atom is -0.468 e. The zero-order valence-corrected chi connectivity index (χ0v) is 17.7. The molecule has 2 aromatic heterocycles. The summed E-state index contributed by atoms with van der Waals surface area (Å²) in [7, 11) is 3.60. The molecule has 1 unspecified atom stereocenters. The van der Waals surface area contributed by atoms with Gasteiger partial charge in [0.05, 0.1) is 24.2 Å². The number of carbonyl (C=O) groups is 1. The number of rotatable bonds is 7. The molecule has 3 heterocycles. The third-order valence-corrected chi connectivity index (χ3v) is 5.31. The number of guanidine groups is 1. The normalized spacial score (nSPS) is 16.6. The quantitative estimate of drug-likeness (QED) is 0.557. The van der Waals surface area contributed by atoms with Gasteiger partial charge in [-0.1, -0.05) is 13.8 Å². The first-order valence-corrected chi connectivity index (χ1v) is 10.1. The van der Waals surface area contributed by atoms with Gasteiger partial charge >= 0.3 is 0 Å². The van der Waals surface area contributed by atoms with Gasteiger partial charge in [0.2, 0.25) is 5.91 Å². The molecule has 2 aromatic rings. The van der Waals surface area contributed by atoms with Crippen molar-refractivity contribution in [1.29, 1.82) is 0 Å². The van der Waals surface area contributed by atoms with Crippen LogP contribution in [0.5, 0.6) is 0 Å². The number of hydrogen-bond acceptors (Lipinski definition) is 5. The Labute approximate surface area is 172 Å². The lowest BCUT2D eigenvalue weighted by Gasteiger charge is -2.36. The van der Waals surface area contributed by atoms with E-state index in [0.29, 0.717) is 19.6 Å². The molecule has 0 aliphatic carbocycles. The van der Waals surface area contributed by atoms with Crippen LogP contribution in [0.1, 0.15) is 25.6 Å². The fourth-order valence-corrected chi connectivity index (χ4v) is 3.75. The van der Waals surface area contributed by atoms with Gasteiger partial charge in [-0.2, -0.15) is 5.10 Å². The van der Waals surface area contributed by atoms with Gasteiger partial charge in [0.1, 0.15) is 12.3 Å². The number of carbonyl (C=O) groups excluding carboxylic acids is 1. The topological polar surface area (TPSA) is 82.1 Å². The maximum atomic E-state index is 12.7. The number of furan rings is 1. The van der Waals surface area contributed by atoms with E-state index in [2.05, 4.69) is 34.2 Å². The molecule has 3 rings (SSSR count). The molecule has 1 saturated heterocycles. The minimum atomic E-state index is 0.0403. The second-order valence-electron chi connectivity index (χ2n) is 7.02. The van der Waals surface area contributed by atoms with E-state index < -0.39 is 0 Å². The summed E-state index contributed by atoms with van der Waals surface area (Å²) in [6.07, 6.45) is 5.29. The lowest BCUT2D eigenvalue weighted by atomic mass is 10.2. The summed E-state index contributed by atoms with van der Waals surface area (Å²) in [5, 5.41) is 7.60. The molecule has 0 spiro atoms. The van der Waals surface area contributed by atoms with E-state index in [0.717, 1.165) is 30.5 Å². The Morgan fingerprint density at radius 1 is 1.38 bits per heavy atom. The van der Waals surface area contributed by atoms with Gasteiger partial charge in [-0.05, 0) is 25.2 Å². The van der Waals surface area contributed by atoms with Crippen LogP contribution in [0.2, 0.25) is 0 Å². The van der Waals surface area contributed by atoms with E-state index in [-0.39, 0.29) is 18.5 Å². The molecule has 9 nitrogen and oxygen atoms in total. The average Bonchev–Trinajstić information content (AvgIpc) is 3.40. The van der Waals surface area contributed by atoms with Gasteiger partial charge in [0.15, 0.2) is 5.96 Å². The molecule has 158 valence electrons. The Morgan fingerprint density at radius 3 is 2.72 bits per heavy atom. The number of anilines is 1. The molecule has 1 fully saturated rings. The summed E-state index contributed by atoms with van der Waals surface area (Å²) in [5.41, 5.74) is 0.833. The van der Waals surface area contributed by atoms with E-state index in [9.17, 15) is 4.79 Å². The van der Waals surface area contributed by atoms with Crippen LogP contribution in [-0.4, -0.2) is 77.8 Å². The number of hydrogen-bond donors (Lipinski definition) is 1. The molecule has 1 aliphatic heterocycles. The SMILES string of the molecule is CCN(CC)C(CNC(=NC)N1CCN(c2cnn(C)c2)C(=O)C1)c1ccco1. The maximum absolute atomic E-state index is 12.7. The van der Waals surface area contributed by atoms with E-state index in [4.69, 9.17) is 4.42 Å². The van der Waals surface area contributed by atoms with Crippen molar-refractivity contribution in [2.75, 3.05) is 51.2 Å². The van der Waals surface area contributed by atoms with Crippen molar-refractivity contribution in [3.8, 4) is 0 Å². The number of amides is 1. The second-order valence-corrected chi connectivity index (χ2v) is 7.02. The highest BCUT2D eigenvalue weighted by atomic mass is 16.3. The van der Waals surface area contributed by atoms with Gasteiger partial charge in [0, 0.05) is 39.9 Å². The molecule has 1 atom stereocenters. The molecule has 9 heteroatoms. The smallest absolute Gasteiger partial charge is 0.246 e. The zero-order valence-electron chi connectivity index (χ0n) is 17.7. The molecule has 0 bridgehead atoms. The lowest BCUT2D eigenvalue weighted by molar-refractivity contribution is -0.120. The standard InChI is InChI=1S/C20H31N7O2/c1-5-25(6-2)17(18-8-7-11-29-18)13-22-20(21-3)26-9-10-27(19(28)15-26)16-12-23-24(4)14-16/h7-8,11-12,14,17H,5-6,9-10,13,15H2,1-4H3,(H,21,22). The Balaban J connectivity index is 1.63. The Hall–Kier alpha value is -2.81. The first kappa shape index (κ1) is 20.9. The number of nitrogens with one attached hydrogen (secondary N) is 1. The van der Waals surface area contributed by atoms with E-state index >= 15 is 0 Å². The first-order valence-electron chi connectivity index (χ1n) is 10.1. The predicted molar refractivity (Wildman–Crippen MR) is 113 cm³/mol. The molecule has 1 N–H and O–H groups in total. The van der Waals surface area contributed by atoms with Crippen molar-refractivity contribution in [1.82, 2.24) is 24.9 Å². The van der Waals surface area contributed by atoms with Crippen molar-refractivity contribution in [3.63, 3.8) is 0 Å². The van der Waals surface area contributed by atoms with Crippen LogP contribution >= 0.6 is 0 Å². The Kier molecular flexibility index (Phi) is 6.92. The Morgan fingerprint density at radius 2 is 2.17 bits per heavy atom. The fraction of sp³-hybridized carbons (Fsp3) is 0.550. The van der Waals surface area contributed by atoms with E-state index in [1.165, 1.54) is 0 Å². The van der Waals surface area contributed by atoms with Gasteiger partial charge in [-0.25, -0.2) is 0 Å². The number of likely N-dealkylation sites (N-methyl/N-ethyl adjacent to an activating group) is 1. The molecular weight excluding hydrogens is 370 g/mol. The highest BCUT2D eigenvalue weighted by Crippen LogP contribution is 2.21. The Bertz CT molecular complexity index is 811. The molecular formula is C20H31N7O2. The van der Waals surface area contributed by atoms with Crippen molar-refractivity contribution >= 4 is 17.6 Å². The summed E-state index contributed by atoms with van der Waals surface area (Å²) in [6, 6.07) is 4.02. The van der Waals surface area contributed by atoms with E-state index in [1.54, 1.807) is 29.1 Å². The van der Waals surface area contributed by atoms with Crippen LogP contribution in [0.4, 0.5) is 5.69 Å². The molecule has 0 saturated carbocycles. The lowest BCUT2D eigenvalue weighted by Crippen LogP contribution is -2.56. The number of piperazine rings is 1. The molecule has 29 heavy (non-hydrogen) atoms. The van der Waals surface area contributed by atoms with Crippen molar-refractivity contribution < 1.29 is 9.21 Å². The third kappa shape index (κ3) is 4.79. The molecule has 0 aromatic carbocycles. The van der Waals surface area contributed by atoms with Gasteiger partial charge in [-0.3, -0.25) is 19.4 Å². The van der Waals surface area contributed by atoms with Crippen LogP contribution in [0.15, 0.2) is 40.2 Å². The number of aliphatic imine (C=N–C) groups is 1. The maximum Gasteiger partial charge on any atom is 0.246 e. The summed E-state index contributed by atoms with van der Waals surface area (Å²) >= 11 is 0. The summed E-state index contributed by atoms with van der Waals surface area (Å²) in [6.45, 7) is 8.37. The second kappa shape index (κ2) is 9.60. The van der Waals surface area contributed by atoms with Crippen molar-refractivity contribution in [2.45, 2.75) is 19.9 Å². The van der Waals surface area contributed by atoms with Crippen molar-refractivity contribution in [2.24, 2.45) is 12.0 Å². The average molecular weight is 402 g/mol. The van der Waals surface area contributed by atoms with Crippen LogP contribution < -0.4 is 10.2 Å². The molecule has 1 amide bonds.